The average Bonchev–Trinajstić information content (AvgIpc) is 2.55. The summed E-state index contributed by atoms with van der Waals surface area (Å²) >= 11 is 0. The van der Waals surface area contributed by atoms with Crippen molar-refractivity contribution in [1.82, 2.24) is 10.2 Å². The van der Waals surface area contributed by atoms with Crippen molar-refractivity contribution in [3.05, 3.63) is 23.8 Å². The highest BCUT2D eigenvalue weighted by Gasteiger charge is 2.25. The highest BCUT2D eigenvalue weighted by Crippen LogP contribution is 2.32. The maximum atomic E-state index is 12.2. The predicted octanol–water partition coefficient (Wildman–Crippen LogP) is 0.169. The summed E-state index contributed by atoms with van der Waals surface area (Å²) in [5, 5.41) is 2.92. The Hall–Kier alpha value is -2.12. The molecule has 1 fully saturated rings. The summed E-state index contributed by atoms with van der Waals surface area (Å²) < 4.78 is 10.6. The molecule has 2 aliphatic rings. The van der Waals surface area contributed by atoms with Crippen molar-refractivity contribution in [1.29, 1.82) is 0 Å². The minimum atomic E-state index is -0.339. The molecule has 0 unspecified atom stereocenters. The highest BCUT2D eigenvalue weighted by molar-refractivity contribution is 5.89. The van der Waals surface area contributed by atoms with E-state index in [-0.39, 0.29) is 25.0 Å². The second-order valence-electron chi connectivity index (χ2n) is 6.11. The molecule has 1 amide bonds. The van der Waals surface area contributed by atoms with Crippen LogP contribution in [-0.2, 0) is 14.3 Å². The number of fused-ring (bicyclic) bond motifs is 1. The molecule has 1 aromatic carbocycles. The number of hydrogen-bond donors (Lipinski definition) is 1. The van der Waals surface area contributed by atoms with Gasteiger partial charge in [-0.25, -0.2) is 4.79 Å². The van der Waals surface area contributed by atoms with E-state index in [0.717, 1.165) is 44.1 Å². The van der Waals surface area contributed by atoms with E-state index in [4.69, 9.17) is 9.47 Å². The smallest absolute Gasteiger partial charge is 0.331 e. The van der Waals surface area contributed by atoms with E-state index in [2.05, 4.69) is 10.2 Å². The first-order valence-corrected chi connectivity index (χ1v) is 8.25. The Labute approximate surface area is 141 Å². The van der Waals surface area contributed by atoms with Gasteiger partial charge >= 0.3 is 5.97 Å². The number of amides is 1. The van der Waals surface area contributed by atoms with Crippen LogP contribution in [0.4, 0.5) is 5.69 Å². The predicted molar refractivity (Wildman–Crippen MR) is 89.3 cm³/mol. The number of carbonyl (C=O) groups is 2. The summed E-state index contributed by atoms with van der Waals surface area (Å²) in [5.74, 6) is 0.0890. The van der Waals surface area contributed by atoms with Gasteiger partial charge < -0.3 is 19.7 Å². The first-order chi connectivity index (χ1) is 11.6. The molecule has 3 rings (SSSR count). The van der Waals surface area contributed by atoms with Crippen LogP contribution in [-0.4, -0.2) is 69.3 Å². The van der Waals surface area contributed by atoms with E-state index in [1.54, 1.807) is 4.90 Å². The Morgan fingerprint density at radius 1 is 1.29 bits per heavy atom. The second-order valence-corrected chi connectivity index (χ2v) is 6.11. The van der Waals surface area contributed by atoms with E-state index >= 15 is 0 Å². The van der Waals surface area contributed by atoms with Gasteiger partial charge in [-0.3, -0.25) is 9.69 Å². The number of anilines is 1. The van der Waals surface area contributed by atoms with Crippen molar-refractivity contribution in [3.8, 4) is 5.75 Å². The van der Waals surface area contributed by atoms with Gasteiger partial charge in [0.05, 0.1) is 25.4 Å². The fourth-order valence-corrected chi connectivity index (χ4v) is 2.91. The Balaban J connectivity index is 1.52. The van der Waals surface area contributed by atoms with Gasteiger partial charge in [0.25, 0.3) is 0 Å². The number of benzene rings is 1. The van der Waals surface area contributed by atoms with E-state index in [1.165, 1.54) is 0 Å². The van der Waals surface area contributed by atoms with Crippen LogP contribution in [0.5, 0.6) is 5.75 Å². The molecule has 0 radical (unpaired) electrons. The van der Waals surface area contributed by atoms with Gasteiger partial charge in [0.1, 0.15) is 6.54 Å². The van der Waals surface area contributed by atoms with Gasteiger partial charge in [0.2, 0.25) is 5.91 Å². The van der Waals surface area contributed by atoms with Crippen molar-refractivity contribution in [2.75, 3.05) is 57.4 Å². The summed E-state index contributed by atoms with van der Waals surface area (Å²) in [6.07, 6.45) is 0. The molecule has 1 saturated heterocycles. The van der Waals surface area contributed by atoms with E-state index < -0.39 is 0 Å². The van der Waals surface area contributed by atoms with E-state index in [9.17, 15) is 9.59 Å². The zero-order valence-electron chi connectivity index (χ0n) is 13.9. The molecular weight excluding hydrogens is 310 g/mol. The van der Waals surface area contributed by atoms with Crippen molar-refractivity contribution in [2.24, 2.45) is 0 Å². The number of ether oxygens (including phenoxy) is 2. The van der Waals surface area contributed by atoms with Crippen molar-refractivity contribution >= 4 is 17.6 Å². The number of morpholine rings is 1. The Bertz CT molecular complexity index is 614. The third kappa shape index (κ3) is 4.24. The summed E-state index contributed by atoms with van der Waals surface area (Å²) in [6, 6.07) is 5.65. The lowest BCUT2D eigenvalue weighted by Gasteiger charge is -2.30. The lowest BCUT2D eigenvalue weighted by molar-refractivity contribution is -0.133. The second kappa shape index (κ2) is 7.63. The first-order valence-electron chi connectivity index (χ1n) is 8.25. The molecular formula is C17H23N3O4. The molecule has 2 heterocycles. The topological polar surface area (TPSA) is 71.1 Å². The number of rotatable bonds is 5. The van der Waals surface area contributed by atoms with Crippen molar-refractivity contribution < 1.29 is 19.1 Å². The molecule has 0 aliphatic carbocycles. The standard InChI is InChI=1S/C17H23N3O4/c1-13-2-3-14-15(10-13)24-17(22)12-20(14)11-16(21)18-4-5-19-6-8-23-9-7-19/h2-3,10H,4-9,11-12H2,1H3,(H,18,21). The fourth-order valence-electron chi connectivity index (χ4n) is 2.91. The molecule has 1 N–H and O–H groups in total. The molecule has 0 saturated carbocycles. The Morgan fingerprint density at radius 2 is 2.08 bits per heavy atom. The number of esters is 1. The lowest BCUT2D eigenvalue weighted by atomic mass is 10.1. The summed E-state index contributed by atoms with van der Waals surface area (Å²) in [5.41, 5.74) is 1.79. The molecule has 0 spiro atoms. The van der Waals surface area contributed by atoms with Crippen LogP contribution in [0.3, 0.4) is 0 Å². The molecule has 7 heteroatoms. The number of nitrogens with one attached hydrogen (secondary N) is 1. The van der Waals surface area contributed by atoms with Gasteiger partial charge in [0, 0.05) is 26.2 Å². The van der Waals surface area contributed by atoms with Crippen LogP contribution >= 0.6 is 0 Å². The number of nitrogens with zero attached hydrogens (tertiary/aromatic N) is 2. The van der Waals surface area contributed by atoms with Crippen LogP contribution < -0.4 is 15.0 Å². The molecule has 0 aromatic heterocycles. The normalized spacial score (nSPS) is 18.0. The number of hydrogen-bond acceptors (Lipinski definition) is 6. The SMILES string of the molecule is Cc1ccc2c(c1)OC(=O)CN2CC(=O)NCCN1CCOCC1. The van der Waals surface area contributed by atoms with Crippen LogP contribution in [0, 0.1) is 6.92 Å². The number of aryl methyl sites for hydroxylation is 1. The van der Waals surface area contributed by atoms with Crippen molar-refractivity contribution in [3.63, 3.8) is 0 Å². The lowest BCUT2D eigenvalue weighted by Crippen LogP contribution is -2.46. The maximum Gasteiger partial charge on any atom is 0.331 e. The average molecular weight is 333 g/mol. The van der Waals surface area contributed by atoms with Crippen LogP contribution in [0.25, 0.3) is 0 Å². The Kier molecular flexibility index (Phi) is 5.32. The van der Waals surface area contributed by atoms with Gasteiger partial charge in [-0.15, -0.1) is 0 Å². The summed E-state index contributed by atoms with van der Waals surface area (Å²) in [7, 11) is 0. The van der Waals surface area contributed by atoms with Crippen LogP contribution in [0.2, 0.25) is 0 Å². The molecule has 2 aliphatic heterocycles. The largest absolute Gasteiger partial charge is 0.423 e. The van der Waals surface area contributed by atoms with Crippen molar-refractivity contribution in [2.45, 2.75) is 6.92 Å². The third-order valence-electron chi connectivity index (χ3n) is 4.19. The fraction of sp³-hybridized carbons (Fsp3) is 0.529. The minimum absolute atomic E-state index is 0.0902. The maximum absolute atomic E-state index is 12.2. The molecule has 7 nitrogen and oxygen atoms in total. The first kappa shape index (κ1) is 16.7. The zero-order chi connectivity index (χ0) is 16.9. The molecule has 0 atom stereocenters. The van der Waals surface area contributed by atoms with E-state index in [0.29, 0.717) is 12.3 Å². The van der Waals surface area contributed by atoms with Gasteiger partial charge in [-0.05, 0) is 24.6 Å². The summed E-state index contributed by atoms with van der Waals surface area (Å²) in [6.45, 7) is 6.89. The Morgan fingerprint density at radius 3 is 2.88 bits per heavy atom. The molecule has 1 aromatic rings. The van der Waals surface area contributed by atoms with Gasteiger partial charge in [0.15, 0.2) is 5.75 Å². The van der Waals surface area contributed by atoms with Gasteiger partial charge in [-0.1, -0.05) is 6.07 Å². The molecule has 130 valence electrons. The van der Waals surface area contributed by atoms with E-state index in [1.807, 2.05) is 25.1 Å². The summed E-state index contributed by atoms with van der Waals surface area (Å²) in [4.78, 5) is 27.9. The quantitative estimate of drug-likeness (QED) is 0.612. The monoisotopic (exact) mass is 333 g/mol. The van der Waals surface area contributed by atoms with Crippen LogP contribution in [0.15, 0.2) is 18.2 Å². The highest BCUT2D eigenvalue weighted by atomic mass is 16.5. The minimum Gasteiger partial charge on any atom is -0.423 e. The molecule has 24 heavy (non-hydrogen) atoms. The zero-order valence-corrected chi connectivity index (χ0v) is 13.9. The third-order valence-corrected chi connectivity index (χ3v) is 4.19. The van der Waals surface area contributed by atoms with Crippen LogP contribution in [0.1, 0.15) is 5.56 Å². The number of carbonyl (C=O) groups excluding carboxylic acids is 2. The van der Waals surface area contributed by atoms with Gasteiger partial charge in [-0.2, -0.15) is 0 Å². The molecule has 0 bridgehead atoms.